The average Bonchev–Trinajstić information content (AvgIpc) is 2.31. The molecule has 16 heavy (non-hydrogen) atoms. The molecule has 2 aromatic heterocycles. The number of anilines is 1. The molecule has 0 aromatic carbocycles. The normalized spacial score (nSPS) is 10.1. The van der Waals surface area contributed by atoms with Gasteiger partial charge in [0.25, 0.3) is 0 Å². The van der Waals surface area contributed by atoms with E-state index in [1.807, 2.05) is 25.1 Å². The quantitative estimate of drug-likeness (QED) is 0.851. The predicted molar refractivity (Wildman–Crippen MR) is 63.0 cm³/mol. The van der Waals surface area contributed by atoms with Crippen LogP contribution in [0.3, 0.4) is 0 Å². The summed E-state index contributed by atoms with van der Waals surface area (Å²) in [6, 6.07) is 5.59. The van der Waals surface area contributed by atoms with Crippen LogP contribution in [0.4, 0.5) is 5.69 Å². The van der Waals surface area contributed by atoms with E-state index in [1.54, 1.807) is 18.6 Å². The smallest absolute Gasteiger partial charge is 0.138 e. The highest BCUT2D eigenvalue weighted by molar-refractivity contribution is 5.60. The van der Waals surface area contributed by atoms with Gasteiger partial charge in [-0.05, 0) is 25.1 Å². The van der Waals surface area contributed by atoms with Gasteiger partial charge < -0.3 is 10.5 Å². The third-order valence-corrected chi connectivity index (χ3v) is 2.11. The Morgan fingerprint density at radius 1 is 1.25 bits per heavy atom. The molecular weight excluding hydrogens is 202 g/mol. The van der Waals surface area contributed by atoms with Crippen LogP contribution in [0.25, 0.3) is 11.3 Å². The van der Waals surface area contributed by atoms with Gasteiger partial charge in [-0.15, -0.1) is 0 Å². The number of aromatic nitrogens is 2. The van der Waals surface area contributed by atoms with Crippen molar-refractivity contribution < 1.29 is 4.74 Å². The SMILES string of the molecule is CCOc1cncc(-c2ccc(N)cn2)c1. The lowest BCUT2D eigenvalue weighted by Gasteiger charge is -2.05. The molecule has 82 valence electrons. The number of ether oxygens (including phenoxy) is 1. The molecule has 0 aliphatic heterocycles. The zero-order chi connectivity index (χ0) is 11.4. The fourth-order valence-corrected chi connectivity index (χ4v) is 1.38. The lowest BCUT2D eigenvalue weighted by molar-refractivity contribution is 0.339. The number of hydrogen-bond acceptors (Lipinski definition) is 4. The zero-order valence-electron chi connectivity index (χ0n) is 9.05. The van der Waals surface area contributed by atoms with Crippen LogP contribution in [0, 0.1) is 0 Å². The van der Waals surface area contributed by atoms with E-state index in [9.17, 15) is 0 Å². The number of nitrogens with two attached hydrogens (primary N) is 1. The highest BCUT2D eigenvalue weighted by atomic mass is 16.5. The van der Waals surface area contributed by atoms with Crippen LogP contribution in [0.15, 0.2) is 36.8 Å². The van der Waals surface area contributed by atoms with E-state index in [-0.39, 0.29) is 0 Å². The molecule has 0 fully saturated rings. The second kappa shape index (κ2) is 4.61. The molecular formula is C12H13N3O. The average molecular weight is 215 g/mol. The molecule has 0 radical (unpaired) electrons. The van der Waals surface area contributed by atoms with Gasteiger partial charge in [-0.3, -0.25) is 9.97 Å². The van der Waals surface area contributed by atoms with Gasteiger partial charge in [0.05, 0.1) is 30.4 Å². The number of pyridine rings is 2. The minimum atomic E-state index is 0.625. The van der Waals surface area contributed by atoms with E-state index < -0.39 is 0 Å². The second-order valence-electron chi connectivity index (χ2n) is 3.32. The van der Waals surface area contributed by atoms with E-state index >= 15 is 0 Å². The molecule has 4 heteroatoms. The summed E-state index contributed by atoms with van der Waals surface area (Å²) in [5.41, 5.74) is 7.99. The molecule has 4 nitrogen and oxygen atoms in total. The summed E-state index contributed by atoms with van der Waals surface area (Å²) in [7, 11) is 0. The van der Waals surface area contributed by atoms with Crippen molar-refractivity contribution >= 4 is 5.69 Å². The van der Waals surface area contributed by atoms with Crippen molar-refractivity contribution in [3.8, 4) is 17.0 Å². The van der Waals surface area contributed by atoms with Crippen LogP contribution < -0.4 is 10.5 Å². The minimum Gasteiger partial charge on any atom is -0.492 e. The molecule has 0 saturated carbocycles. The van der Waals surface area contributed by atoms with E-state index in [2.05, 4.69) is 9.97 Å². The van der Waals surface area contributed by atoms with Gasteiger partial charge in [0.2, 0.25) is 0 Å². The van der Waals surface area contributed by atoms with E-state index in [4.69, 9.17) is 10.5 Å². The summed E-state index contributed by atoms with van der Waals surface area (Å²) in [6.45, 7) is 2.56. The Labute approximate surface area is 94.1 Å². The van der Waals surface area contributed by atoms with Gasteiger partial charge in [-0.1, -0.05) is 0 Å². The molecule has 2 rings (SSSR count). The summed E-state index contributed by atoms with van der Waals surface area (Å²) in [6.07, 6.45) is 5.06. The van der Waals surface area contributed by atoms with Gasteiger partial charge in [-0.25, -0.2) is 0 Å². The molecule has 0 spiro atoms. The van der Waals surface area contributed by atoms with Crippen molar-refractivity contribution in [2.45, 2.75) is 6.92 Å². The summed E-state index contributed by atoms with van der Waals surface area (Å²) in [4.78, 5) is 8.33. The summed E-state index contributed by atoms with van der Waals surface area (Å²) >= 11 is 0. The minimum absolute atomic E-state index is 0.625. The summed E-state index contributed by atoms with van der Waals surface area (Å²) < 4.78 is 5.38. The van der Waals surface area contributed by atoms with Crippen molar-refractivity contribution in [2.75, 3.05) is 12.3 Å². The number of nitrogen functional groups attached to an aromatic ring is 1. The van der Waals surface area contributed by atoms with Crippen LogP contribution in [-0.4, -0.2) is 16.6 Å². The topological polar surface area (TPSA) is 61.0 Å². The van der Waals surface area contributed by atoms with E-state index in [0.717, 1.165) is 17.0 Å². The standard InChI is InChI=1S/C12H13N3O/c1-2-16-11-5-9(6-14-8-11)12-4-3-10(13)7-15-12/h3-8H,2,13H2,1H3. The Balaban J connectivity index is 2.32. The van der Waals surface area contributed by atoms with Gasteiger partial charge >= 0.3 is 0 Å². The van der Waals surface area contributed by atoms with Crippen molar-refractivity contribution in [3.63, 3.8) is 0 Å². The summed E-state index contributed by atoms with van der Waals surface area (Å²) in [5.74, 6) is 0.749. The van der Waals surface area contributed by atoms with Crippen LogP contribution in [0.1, 0.15) is 6.92 Å². The Morgan fingerprint density at radius 3 is 2.81 bits per heavy atom. The first-order valence-corrected chi connectivity index (χ1v) is 5.09. The zero-order valence-corrected chi connectivity index (χ0v) is 9.05. The van der Waals surface area contributed by atoms with Crippen LogP contribution in [0.2, 0.25) is 0 Å². The van der Waals surface area contributed by atoms with Crippen molar-refractivity contribution in [1.29, 1.82) is 0 Å². The van der Waals surface area contributed by atoms with E-state index in [0.29, 0.717) is 12.3 Å². The fourth-order valence-electron chi connectivity index (χ4n) is 1.38. The monoisotopic (exact) mass is 215 g/mol. The van der Waals surface area contributed by atoms with Crippen LogP contribution in [-0.2, 0) is 0 Å². The van der Waals surface area contributed by atoms with Crippen LogP contribution in [0.5, 0.6) is 5.75 Å². The number of rotatable bonds is 3. The Morgan fingerprint density at radius 2 is 2.12 bits per heavy atom. The number of hydrogen-bond donors (Lipinski definition) is 1. The third-order valence-electron chi connectivity index (χ3n) is 2.11. The molecule has 0 atom stereocenters. The Kier molecular flexibility index (Phi) is 3.00. The largest absolute Gasteiger partial charge is 0.492 e. The van der Waals surface area contributed by atoms with E-state index in [1.165, 1.54) is 0 Å². The summed E-state index contributed by atoms with van der Waals surface area (Å²) in [5, 5.41) is 0. The maximum absolute atomic E-state index is 5.58. The third kappa shape index (κ3) is 2.28. The van der Waals surface area contributed by atoms with Crippen molar-refractivity contribution in [2.24, 2.45) is 0 Å². The molecule has 2 aromatic rings. The molecule has 0 unspecified atom stereocenters. The lowest BCUT2D eigenvalue weighted by atomic mass is 10.2. The van der Waals surface area contributed by atoms with Gasteiger partial charge in [0, 0.05) is 11.8 Å². The molecule has 0 amide bonds. The van der Waals surface area contributed by atoms with Crippen LogP contribution >= 0.6 is 0 Å². The Bertz CT molecular complexity index is 468. The maximum atomic E-state index is 5.58. The Hall–Kier alpha value is -2.10. The molecule has 0 bridgehead atoms. The highest BCUT2D eigenvalue weighted by Crippen LogP contribution is 2.21. The first-order chi connectivity index (χ1) is 7.79. The first kappa shape index (κ1) is 10.4. The van der Waals surface area contributed by atoms with Crippen molar-refractivity contribution in [1.82, 2.24) is 9.97 Å². The fraction of sp³-hybridized carbons (Fsp3) is 0.167. The highest BCUT2D eigenvalue weighted by Gasteiger charge is 2.01. The molecule has 0 aliphatic carbocycles. The maximum Gasteiger partial charge on any atom is 0.138 e. The molecule has 0 aliphatic rings. The molecule has 2 heterocycles. The van der Waals surface area contributed by atoms with Crippen molar-refractivity contribution in [3.05, 3.63) is 36.8 Å². The number of nitrogens with zero attached hydrogens (tertiary/aromatic N) is 2. The predicted octanol–water partition coefficient (Wildman–Crippen LogP) is 2.12. The van der Waals surface area contributed by atoms with Gasteiger partial charge in [0.15, 0.2) is 0 Å². The lowest BCUT2D eigenvalue weighted by Crippen LogP contribution is -1.93. The van der Waals surface area contributed by atoms with Gasteiger partial charge in [-0.2, -0.15) is 0 Å². The molecule has 0 saturated heterocycles. The van der Waals surface area contributed by atoms with Gasteiger partial charge in [0.1, 0.15) is 5.75 Å². The second-order valence-corrected chi connectivity index (χ2v) is 3.32. The molecule has 2 N–H and O–H groups in total. The first-order valence-electron chi connectivity index (χ1n) is 5.09.